The summed E-state index contributed by atoms with van der Waals surface area (Å²) in [6, 6.07) is 13.4. The molecule has 152 valence electrons. The Bertz CT molecular complexity index is 886. The fourth-order valence-corrected chi connectivity index (χ4v) is 2.89. The maximum absolute atomic E-state index is 12.7. The Morgan fingerprint density at radius 1 is 0.828 bits per heavy atom. The van der Waals surface area contributed by atoms with Crippen LogP contribution in [0.5, 0.6) is 5.75 Å². The van der Waals surface area contributed by atoms with E-state index < -0.39 is 11.4 Å². The summed E-state index contributed by atoms with van der Waals surface area (Å²) in [5.74, 6) is -0.387. The van der Waals surface area contributed by atoms with Crippen LogP contribution in [0.15, 0.2) is 48.5 Å². The van der Waals surface area contributed by atoms with Crippen LogP contribution in [0.25, 0.3) is 0 Å². The van der Waals surface area contributed by atoms with E-state index in [1.165, 1.54) is 0 Å². The summed E-state index contributed by atoms with van der Waals surface area (Å²) in [6.45, 7) is 4.49. The van der Waals surface area contributed by atoms with Crippen LogP contribution in [0.4, 0.5) is 11.4 Å². The molecule has 0 atom stereocenters. The quantitative estimate of drug-likeness (QED) is 0.525. The molecule has 1 fully saturated rings. The van der Waals surface area contributed by atoms with Crippen molar-refractivity contribution in [2.45, 2.75) is 26.7 Å². The van der Waals surface area contributed by atoms with Gasteiger partial charge in [-0.15, -0.1) is 0 Å². The zero-order valence-electron chi connectivity index (χ0n) is 16.5. The van der Waals surface area contributed by atoms with Gasteiger partial charge in [0.15, 0.2) is 0 Å². The van der Waals surface area contributed by atoms with E-state index in [2.05, 4.69) is 10.6 Å². The largest absolute Gasteiger partial charge is 0.494 e. The number of carbonyl (C=O) groups excluding carboxylic acids is 3. The maximum Gasteiger partial charge on any atom is 0.338 e. The predicted octanol–water partition coefficient (Wildman–Crippen LogP) is 3.62. The van der Waals surface area contributed by atoms with E-state index in [1.54, 1.807) is 55.5 Å². The topological polar surface area (TPSA) is 93.7 Å². The van der Waals surface area contributed by atoms with E-state index in [9.17, 15) is 14.4 Å². The molecule has 0 unspecified atom stereocenters. The van der Waals surface area contributed by atoms with Gasteiger partial charge in [-0.05, 0) is 75.2 Å². The molecule has 29 heavy (non-hydrogen) atoms. The third kappa shape index (κ3) is 4.74. The molecule has 0 heterocycles. The van der Waals surface area contributed by atoms with E-state index >= 15 is 0 Å². The van der Waals surface area contributed by atoms with Gasteiger partial charge in [0.25, 0.3) is 0 Å². The summed E-state index contributed by atoms with van der Waals surface area (Å²) in [5.41, 5.74) is 0.456. The van der Waals surface area contributed by atoms with Gasteiger partial charge in [-0.2, -0.15) is 0 Å². The average molecular weight is 396 g/mol. The second kappa shape index (κ2) is 8.77. The Balaban J connectivity index is 1.61. The number of rotatable bonds is 8. The molecule has 2 N–H and O–H groups in total. The Kier molecular flexibility index (Phi) is 6.16. The van der Waals surface area contributed by atoms with Gasteiger partial charge in [-0.1, -0.05) is 0 Å². The van der Waals surface area contributed by atoms with Crippen molar-refractivity contribution in [2.24, 2.45) is 5.41 Å². The smallest absolute Gasteiger partial charge is 0.338 e. The van der Waals surface area contributed by atoms with Crippen molar-refractivity contribution in [1.82, 2.24) is 0 Å². The standard InChI is InChI=1S/C22H24N2O5/c1-3-28-18-11-9-17(10-12-18)24-21(27)22(13-14-22)20(26)23-16-7-5-15(6-8-16)19(25)29-4-2/h5-12H,3-4,13-14H2,1-2H3,(H,23,26)(H,24,27). The number of esters is 1. The fraction of sp³-hybridized carbons (Fsp3) is 0.318. The number of hydrogen-bond donors (Lipinski definition) is 2. The minimum atomic E-state index is -1.07. The monoisotopic (exact) mass is 396 g/mol. The SMILES string of the molecule is CCOC(=O)c1ccc(NC(=O)C2(C(=O)Nc3ccc(OCC)cc3)CC2)cc1. The Morgan fingerprint density at radius 3 is 1.79 bits per heavy atom. The highest BCUT2D eigenvalue weighted by molar-refractivity contribution is 6.17. The van der Waals surface area contributed by atoms with Crippen LogP contribution in [0, 0.1) is 5.41 Å². The number of anilines is 2. The van der Waals surface area contributed by atoms with Crippen molar-refractivity contribution in [2.75, 3.05) is 23.8 Å². The van der Waals surface area contributed by atoms with Gasteiger partial charge in [-0.25, -0.2) is 4.79 Å². The molecule has 1 saturated carbocycles. The van der Waals surface area contributed by atoms with Crippen LogP contribution in [-0.4, -0.2) is 31.0 Å². The molecule has 7 nitrogen and oxygen atoms in total. The van der Waals surface area contributed by atoms with Crippen molar-refractivity contribution < 1.29 is 23.9 Å². The van der Waals surface area contributed by atoms with E-state index in [-0.39, 0.29) is 11.8 Å². The summed E-state index contributed by atoms with van der Waals surface area (Å²) >= 11 is 0. The van der Waals surface area contributed by atoms with E-state index in [1.807, 2.05) is 6.92 Å². The van der Waals surface area contributed by atoms with Crippen molar-refractivity contribution in [3.8, 4) is 5.75 Å². The zero-order chi connectivity index (χ0) is 20.9. The zero-order valence-corrected chi connectivity index (χ0v) is 16.5. The highest BCUT2D eigenvalue weighted by atomic mass is 16.5. The van der Waals surface area contributed by atoms with Gasteiger partial charge >= 0.3 is 5.97 Å². The molecule has 0 spiro atoms. The van der Waals surface area contributed by atoms with Crippen molar-refractivity contribution in [3.05, 3.63) is 54.1 Å². The summed E-state index contributed by atoms with van der Waals surface area (Å²) in [4.78, 5) is 37.1. The molecule has 2 amide bonds. The van der Waals surface area contributed by atoms with Crippen molar-refractivity contribution in [3.63, 3.8) is 0 Å². The van der Waals surface area contributed by atoms with Crippen LogP contribution in [0.1, 0.15) is 37.0 Å². The summed E-state index contributed by atoms with van der Waals surface area (Å²) in [7, 11) is 0. The van der Waals surface area contributed by atoms with Crippen molar-refractivity contribution >= 4 is 29.2 Å². The second-order valence-electron chi connectivity index (χ2n) is 6.75. The van der Waals surface area contributed by atoms with Crippen LogP contribution < -0.4 is 15.4 Å². The van der Waals surface area contributed by atoms with E-state index in [0.717, 1.165) is 5.75 Å². The summed E-state index contributed by atoms with van der Waals surface area (Å²) < 4.78 is 10.3. The van der Waals surface area contributed by atoms with Crippen LogP contribution >= 0.6 is 0 Å². The van der Waals surface area contributed by atoms with Crippen LogP contribution in [0.3, 0.4) is 0 Å². The molecule has 0 aliphatic heterocycles. The molecular formula is C22H24N2O5. The summed E-state index contributed by atoms with van der Waals surface area (Å²) in [5, 5.41) is 5.57. The molecule has 0 saturated heterocycles. The lowest BCUT2D eigenvalue weighted by molar-refractivity contribution is -0.131. The van der Waals surface area contributed by atoms with Crippen molar-refractivity contribution in [1.29, 1.82) is 0 Å². The first-order valence-corrected chi connectivity index (χ1v) is 9.61. The first-order valence-electron chi connectivity index (χ1n) is 9.61. The summed E-state index contributed by atoms with van der Waals surface area (Å²) in [6.07, 6.45) is 0.977. The van der Waals surface area contributed by atoms with E-state index in [0.29, 0.717) is 43.0 Å². The Morgan fingerprint density at radius 2 is 1.34 bits per heavy atom. The van der Waals surface area contributed by atoms with Crippen LogP contribution in [-0.2, 0) is 14.3 Å². The molecule has 7 heteroatoms. The maximum atomic E-state index is 12.7. The third-order valence-electron chi connectivity index (χ3n) is 4.70. The number of hydrogen-bond acceptors (Lipinski definition) is 5. The molecule has 2 aromatic carbocycles. The lowest BCUT2D eigenvalue weighted by Gasteiger charge is -2.16. The number of amides is 2. The Labute approximate surface area is 169 Å². The molecule has 0 bridgehead atoms. The van der Waals surface area contributed by atoms with Gasteiger partial charge in [0.05, 0.1) is 18.8 Å². The minimum Gasteiger partial charge on any atom is -0.494 e. The lowest BCUT2D eigenvalue weighted by atomic mass is 10.0. The highest BCUT2D eigenvalue weighted by Crippen LogP contribution is 2.47. The average Bonchev–Trinajstić information content (AvgIpc) is 3.53. The molecule has 1 aliphatic rings. The number of carbonyl (C=O) groups is 3. The minimum absolute atomic E-state index is 0.295. The highest BCUT2D eigenvalue weighted by Gasteiger charge is 2.56. The third-order valence-corrected chi connectivity index (χ3v) is 4.70. The van der Waals surface area contributed by atoms with E-state index in [4.69, 9.17) is 9.47 Å². The van der Waals surface area contributed by atoms with Gasteiger partial charge in [-0.3, -0.25) is 9.59 Å². The predicted molar refractivity (Wildman–Crippen MR) is 109 cm³/mol. The number of nitrogens with one attached hydrogen (secondary N) is 2. The molecule has 0 radical (unpaired) electrons. The van der Waals surface area contributed by atoms with Gasteiger partial charge in [0.1, 0.15) is 11.2 Å². The first kappa shape index (κ1) is 20.4. The molecular weight excluding hydrogens is 372 g/mol. The number of ether oxygens (including phenoxy) is 2. The molecule has 3 rings (SSSR count). The van der Waals surface area contributed by atoms with Crippen LogP contribution in [0.2, 0.25) is 0 Å². The molecule has 2 aromatic rings. The second-order valence-corrected chi connectivity index (χ2v) is 6.75. The Hall–Kier alpha value is -3.35. The first-order chi connectivity index (χ1) is 14.0. The van der Waals surface area contributed by atoms with Gasteiger partial charge in [0, 0.05) is 11.4 Å². The normalized spacial score (nSPS) is 13.9. The van der Waals surface area contributed by atoms with Gasteiger partial charge in [0.2, 0.25) is 11.8 Å². The lowest BCUT2D eigenvalue weighted by Crippen LogP contribution is -2.35. The molecule has 0 aromatic heterocycles. The molecule has 1 aliphatic carbocycles. The fourth-order valence-electron chi connectivity index (χ4n) is 2.89. The van der Waals surface area contributed by atoms with Gasteiger partial charge < -0.3 is 20.1 Å². The number of benzene rings is 2.